The Hall–Kier alpha value is -2.16. The predicted octanol–water partition coefficient (Wildman–Crippen LogP) is 2.41. The number of anilines is 1. The number of rotatable bonds is 2. The van der Waals surface area contributed by atoms with Crippen LogP contribution in [-0.4, -0.2) is 11.2 Å². The fourth-order valence-corrected chi connectivity index (χ4v) is 1.20. The largest absolute Gasteiger partial charge is 0.399 e. The van der Waals surface area contributed by atoms with E-state index in [2.05, 4.69) is 9.98 Å². The van der Waals surface area contributed by atoms with Crippen LogP contribution in [0.15, 0.2) is 53.7 Å². The van der Waals surface area contributed by atoms with E-state index in [1.807, 2.05) is 42.5 Å². The highest BCUT2D eigenvalue weighted by molar-refractivity contribution is 5.79. The molecule has 2 N–H and O–H groups in total. The van der Waals surface area contributed by atoms with Crippen molar-refractivity contribution in [1.29, 1.82) is 0 Å². The van der Waals surface area contributed by atoms with Crippen molar-refractivity contribution in [2.45, 2.75) is 0 Å². The predicted molar refractivity (Wildman–Crippen MR) is 62.3 cm³/mol. The summed E-state index contributed by atoms with van der Waals surface area (Å²) >= 11 is 0. The summed E-state index contributed by atoms with van der Waals surface area (Å²) in [6.45, 7) is 0. The fraction of sp³-hybridized carbons (Fsp3) is 0. The lowest BCUT2D eigenvalue weighted by atomic mass is 10.3. The molecule has 15 heavy (non-hydrogen) atoms. The summed E-state index contributed by atoms with van der Waals surface area (Å²) in [4.78, 5) is 8.41. The van der Waals surface area contributed by atoms with Crippen molar-refractivity contribution >= 4 is 17.6 Å². The summed E-state index contributed by atoms with van der Waals surface area (Å²) in [7, 11) is 0. The van der Waals surface area contributed by atoms with Gasteiger partial charge in [0.2, 0.25) is 0 Å². The molecule has 0 unspecified atom stereocenters. The lowest BCUT2D eigenvalue weighted by molar-refractivity contribution is 1.30. The molecule has 0 aliphatic rings. The third-order valence-corrected chi connectivity index (χ3v) is 1.90. The van der Waals surface area contributed by atoms with Gasteiger partial charge in [0, 0.05) is 11.9 Å². The van der Waals surface area contributed by atoms with E-state index in [-0.39, 0.29) is 0 Å². The lowest BCUT2D eigenvalue weighted by Gasteiger charge is -1.95. The molecule has 2 aromatic rings. The number of pyridine rings is 1. The first kappa shape index (κ1) is 9.40. The second-order valence-electron chi connectivity index (χ2n) is 3.11. The highest BCUT2D eigenvalue weighted by Crippen LogP contribution is 2.14. The monoisotopic (exact) mass is 197 g/mol. The molecule has 0 atom stereocenters. The Kier molecular flexibility index (Phi) is 2.74. The zero-order chi connectivity index (χ0) is 10.5. The van der Waals surface area contributed by atoms with Crippen molar-refractivity contribution in [3.8, 4) is 0 Å². The zero-order valence-corrected chi connectivity index (χ0v) is 8.17. The summed E-state index contributed by atoms with van der Waals surface area (Å²) in [5, 5.41) is 0. The first-order valence-corrected chi connectivity index (χ1v) is 4.65. The van der Waals surface area contributed by atoms with Crippen molar-refractivity contribution < 1.29 is 0 Å². The number of aliphatic imine (C=N–C) groups is 1. The highest BCUT2D eigenvalue weighted by Gasteiger charge is 1.89. The maximum absolute atomic E-state index is 5.64. The average Bonchev–Trinajstić information content (AvgIpc) is 2.28. The average molecular weight is 197 g/mol. The number of hydrogen-bond donors (Lipinski definition) is 1. The molecular weight excluding hydrogens is 186 g/mol. The summed E-state index contributed by atoms with van der Waals surface area (Å²) < 4.78 is 0. The maximum atomic E-state index is 5.64. The topological polar surface area (TPSA) is 51.3 Å². The molecule has 0 aliphatic heterocycles. The molecule has 0 fully saturated rings. The Bertz CT molecular complexity index is 463. The summed E-state index contributed by atoms with van der Waals surface area (Å²) in [6, 6.07) is 13.1. The summed E-state index contributed by atoms with van der Waals surface area (Å²) in [6.07, 6.45) is 3.45. The molecule has 0 aliphatic carbocycles. The molecule has 3 nitrogen and oxygen atoms in total. The number of hydrogen-bond acceptors (Lipinski definition) is 3. The van der Waals surface area contributed by atoms with E-state index in [4.69, 9.17) is 5.73 Å². The number of nitrogen functional groups attached to an aromatic ring is 1. The molecule has 2 rings (SSSR count). The van der Waals surface area contributed by atoms with E-state index in [0.717, 1.165) is 11.4 Å². The van der Waals surface area contributed by atoms with Crippen LogP contribution in [0.5, 0.6) is 0 Å². The molecule has 0 spiro atoms. The minimum Gasteiger partial charge on any atom is -0.399 e. The number of benzene rings is 1. The number of nitrogens with two attached hydrogens (primary N) is 1. The molecule has 0 saturated carbocycles. The van der Waals surface area contributed by atoms with Gasteiger partial charge in [-0.05, 0) is 30.3 Å². The van der Waals surface area contributed by atoms with Crippen molar-refractivity contribution in [2.24, 2.45) is 4.99 Å². The van der Waals surface area contributed by atoms with Crippen LogP contribution in [0.3, 0.4) is 0 Å². The van der Waals surface area contributed by atoms with Crippen LogP contribution in [-0.2, 0) is 0 Å². The first-order chi connectivity index (χ1) is 7.34. The smallest absolute Gasteiger partial charge is 0.0812 e. The maximum Gasteiger partial charge on any atom is 0.0812 e. The van der Waals surface area contributed by atoms with Crippen molar-refractivity contribution in [3.05, 3.63) is 54.4 Å². The molecule has 1 aromatic carbocycles. The van der Waals surface area contributed by atoms with Gasteiger partial charge in [-0.25, -0.2) is 0 Å². The van der Waals surface area contributed by atoms with Gasteiger partial charge >= 0.3 is 0 Å². The molecule has 0 radical (unpaired) electrons. The van der Waals surface area contributed by atoms with Gasteiger partial charge in [0.1, 0.15) is 0 Å². The fourth-order valence-electron chi connectivity index (χ4n) is 1.20. The molecule has 74 valence electrons. The number of nitrogens with zero attached hydrogens (tertiary/aromatic N) is 2. The van der Waals surface area contributed by atoms with Crippen LogP contribution in [0, 0.1) is 0 Å². The van der Waals surface area contributed by atoms with Gasteiger partial charge in [0.25, 0.3) is 0 Å². The van der Waals surface area contributed by atoms with Crippen LogP contribution < -0.4 is 5.73 Å². The van der Waals surface area contributed by atoms with Gasteiger partial charge in [-0.1, -0.05) is 12.1 Å². The Balaban J connectivity index is 2.19. The van der Waals surface area contributed by atoms with Gasteiger partial charge in [-0.2, -0.15) is 0 Å². The van der Waals surface area contributed by atoms with E-state index in [1.165, 1.54) is 0 Å². The standard InChI is InChI=1S/C12H11N3/c13-10-4-3-6-11(8-10)15-9-12-5-1-2-7-14-12/h1-9H,13H2. The third-order valence-electron chi connectivity index (χ3n) is 1.90. The molecular formula is C12H11N3. The first-order valence-electron chi connectivity index (χ1n) is 4.65. The minimum atomic E-state index is 0.714. The lowest BCUT2D eigenvalue weighted by Crippen LogP contribution is -1.85. The molecule has 0 bridgehead atoms. The van der Waals surface area contributed by atoms with E-state index >= 15 is 0 Å². The van der Waals surface area contributed by atoms with Gasteiger partial charge < -0.3 is 5.73 Å². The van der Waals surface area contributed by atoms with Gasteiger partial charge in [0.15, 0.2) is 0 Å². The molecule has 1 heterocycles. The van der Waals surface area contributed by atoms with Crippen LogP contribution >= 0.6 is 0 Å². The Morgan fingerprint density at radius 2 is 2.07 bits per heavy atom. The normalized spacial score (nSPS) is 10.7. The van der Waals surface area contributed by atoms with Gasteiger partial charge in [-0.15, -0.1) is 0 Å². The van der Waals surface area contributed by atoms with E-state index in [0.29, 0.717) is 5.69 Å². The molecule has 0 amide bonds. The quantitative estimate of drug-likeness (QED) is 0.593. The second kappa shape index (κ2) is 4.37. The zero-order valence-electron chi connectivity index (χ0n) is 8.17. The van der Waals surface area contributed by atoms with E-state index in [1.54, 1.807) is 12.4 Å². The minimum absolute atomic E-state index is 0.714. The van der Waals surface area contributed by atoms with E-state index < -0.39 is 0 Å². The highest BCUT2D eigenvalue weighted by atomic mass is 14.8. The van der Waals surface area contributed by atoms with Crippen molar-refractivity contribution in [2.75, 3.05) is 5.73 Å². The van der Waals surface area contributed by atoms with E-state index in [9.17, 15) is 0 Å². The summed E-state index contributed by atoms with van der Waals surface area (Å²) in [5.41, 5.74) is 8.02. The van der Waals surface area contributed by atoms with Crippen LogP contribution in [0.4, 0.5) is 11.4 Å². The van der Waals surface area contributed by atoms with Crippen molar-refractivity contribution in [1.82, 2.24) is 4.98 Å². The SMILES string of the molecule is Nc1cccc(N=Cc2ccccn2)c1. The van der Waals surface area contributed by atoms with Crippen LogP contribution in [0.2, 0.25) is 0 Å². The van der Waals surface area contributed by atoms with Crippen LogP contribution in [0.1, 0.15) is 5.69 Å². The molecule has 0 saturated heterocycles. The third kappa shape index (κ3) is 2.64. The Morgan fingerprint density at radius 1 is 1.13 bits per heavy atom. The Morgan fingerprint density at radius 3 is 2.80 bits per heavy atom. The number of aromatic nitrogens is 1. The van der Waals surface area contributed by atoms with Crippen LogP contribution in [0.25, 0.3) is 0 Å². The van der Waals surface area contributed by atoms with Gasteiger partial charge in [0.05, 0.1) is 17.6 Å². The molecule has 1 aromatic heterocycles. The Labute approximate surface area is 88.3 Å². The van der Waals surface area contributed by atoms with Crippen molar-refractivity contribution in [3.63, 3.8) is 0 Å². The molecule has 3 heteroatoms. The summed E-state index contributed by atoms with van der Waals surface area (Å²) in [5.74, 6) is 0. The van der Waals surface area contributed by atoms with Gasteiger partial charge in [-0.3, -0.25) is 9.98 Å². The second-order valence-corrected chi connectivity index (χ2v) is 3.11.